The van der Waals surface area contributed by atoms with Crippen LogP contribution in [0.2, 0.25) is 0 Å². The molecule has 1 saturated heterocycles. The maximum atomic E-state index is 14.5. The first-order valence-corrected chi connectivity index (χ1v) is 8.92. The first-order valence-electron chi connectivity index (χ1n) is 8.13. The molecule has 1 aliphatic rings. The molecule has 2 aromatic carbocycles. The Balaban J connectivity index is 1.97. The topological polar surface area (TPSA) is 40.5 Å². The maximum absolute atomic E-state index is 14.5. The van der Waals surface area contributed by atoms with Crippen LogP contribution in [0.15, 0.2) is 46.9 Å². The van der Waals surface area contributed by atoms with Crippen molar-refractivity contribution in [3.63, 3.8) is 0 Å². The predicted octanol–water partition coefficient (Wildman–Crippen LogP) is 4.61. The van der Waals surface area contributed by atoms with Gasteiger partial charge in [-0.3, -0.25) is 9.69 Å². The highest BCUT2D eigenvalue weighted by Crippen LogP contribution is 2.35. The molecule has 1 atom stereocenters. The van der Waals surface area contributed by atoms with Crippen molar-refractivity contribution in [1.29, 1.82) is 0 Å². The van der Waals surface area contributed by atoms with E-state index in [1.54, 1.807) is 0 Å². The Morgan fingerprint density at radius 2 is 1.88 bits per heavy atom. The molecular formula is C19H18BrF2NO2. The molecule has 3 rings (SSSR count). The second kappa shape index (κ2) is 7.62. The lowest BCUT2D eigenvalue weighted by Crippen LogP contribution is -2.39. The zero-order valence-electron chi connectivity index (χ0n) is 13.5. The van der Waals surface area contributed by atoms with Crippen LogP contribution in [0.4, 0.5) is 8.78 Å². The van der Waals surface area contributed by atoms with Gasteiger partial charge in [-0.25, -0.2) is 8.78 Å². The number of hydrogen-bond acceptors (Lipinski definition) is 2. The van der Waals surface area contributed by atoms with Gasteiger partial charge in [0.25, 0.3) is 0 Å². The van der Waals surface area contributed by atoms with Crippen LogP contribution in [0.5, 0.6) is 0 Å². The highest BCUT2D eigenvalue weighted by atomic mass is 79.9. The normalized spacial score (nSPS) is 17.4. The fourth-order valence-electron chi connectivity index (χ4n) is 3.39. The second-order valence-electron chi connectivity index (χ2n) is 6.27. The molecule has 0 aliphatic carbocycles. The molecule has 132 valence electrons. The summed E-state index contributed by atoms with van der Waals surface area (Å²) in [6, 6.07) is 10.8. The van der Waals surface area contributed by atoms with Crippen LogP contribution in [0.25, 0.3) is 0 Å². The molecule has 0 saturated carbocycles. The molecule has 0 bridgehead atoms. The van der Waals surface area contributed by atoms with Crippen LogP contribution in [-0.4, -0.2) is 29.1 Å². The third-order valence-electron chi connectivity index (χ3n) is 4.67. The molecule has 3 nitrogen and oxygen atoms in total. The van der Waals surface area contributed by atoms with Gasteiger partial charge in [0.1, 0.15) is 11.6 Å². The summed E-state index contributed by atoms with van der Waals surface area (Å²) in [7, 11) is 0. The van der Waals surface area contributed by atoms with Gasteiger partial charge in [0.05, 0.1) is 12.0 Å². The summed E-state index contributed by atoms with van der Waals surface area (Å²) in [4.78, 5) is 13.2. The molecule has 1 aliphatic heterocycles. The van der Waals surface area contributed by atoms with Gasteiger partial charge in [0.15, 0.2) is 0 Å². The monoisotopic (exact) mass is 409 g/mol. The summed E-state index contributed by atoms with van der Waals surface area (Å²) in [6.45, 7) is 1.09. The number of likely N-dealkylation sites (tertiary alicyclic amines) is 1. The zero-order valence-corrected chi connectivity index (χ0v) is 15.0. The molecule has 25 heavy (non-hydrogen) atoms. The Bertz CT molecular complexity index is 776. The van der Waals surface area contributed by atoms with E-state index in [0.29, 0.717) is 31.5 Å². The molecular weight excluding hydrogens is 392 g/mol. The van der Waals surface area contributed by atoms with Crippen LogP contribution in [0.1, 0.15) is 30.0 Å². The fourth-order valence-corrected chi connectivity index (χ4v) is 3.81. The van der Waals surface area contributed by atoms with E-state index in [2.05, 4.69) is 20.8 Å². The SMILES string of the molecule is O=C(O)C1CCN(C(c2cccc(Br)c2)c2ccc(F)cc2F)CC1. The number of nitrogens with zero attached hydrogens (tertiary/aromatic N) is 1. The highest BCUT2D eigenvalue weighted by Gasteiger charge is 2.31. The van der Waals surface area contributed by atoms with Crippen molar-refractivity contribution in [3.8, 4) is 0 Å². The van der Waals surface area contributed by atoms with Crippen molar-refractivity contribution >= 4 is 21.9 Å². The third-order valence-corrected chi connectivity index (χ3v) is 5.16. The first kappa shape index (κ1) is 18.0. The number of benzene rings is 2. The Hall–Kier alpha value is -1.79. The number of hydrogen-bond donors (Lipinski definition) is 1. The number of carboxylic acid groups (broad SMARTS) is 1. The number of aliphatic carboxylic acids is 1. The molecule has 0 spiro atoms. The molecule has 1 fully saturated rings. The largest absolute Gasteiger partial charge is 0.481 e. The quantitative estimate of drug-likeness (QED) is 0.800. The maximum Gasteiger partial charge on any atom is 0.306 e. The summed E-state index contributed by atoms with van der Waals surface area (Å²) in [5.74, 6) is -2.35. The van der Waals surface area contributed by atoms with Gasteiger partial charge in [-0.2, -0.15) is 0 Å². The minimum atomic E-state index is -0.786. The van der Waals surface area contributed by atoms with E-state index < -0.39 is 17.6 Å². The number of carboxylic acids is 1. The van der Waals surface area contributed by atoms with E-state index in [1.165, 1.54) is 12.1 Å². The molecule has 0 radical (unpaired) electrons. The first-order chi connectivity index (χ1) is 12.0. The Morgan fingerprint density at radius 1 is 1.16 bits per heavy atom. The van der Waals surface area contributed by atoms with Gasteiger partial charge < -0.3 is 5.11 Å². The standard InChI is InChI=1S/C19H18BrF2NO2/c20-14-3-1-2-13(10-14)18(16-5-4-15(21)11-17(16)22)23-8-6-12(7-9-23)19(24)25/h1-5,10-12,18H,6-9H2,(H,24,25). The molecule has 1 N–H and O–H groups in total. The summed E-state index contributed by atoms with van der Waals surface area (Å²) in [6.07, 6.45) is 1.03. The van der Waals surface area contributed by atoms with Crippen molar-refractivity contribution in [2.45, 2.75) is 18.9 Å². The van der Waals surface area contributed by atoms with Crippen LogP contribution < -0.4 is 0 Å². The van der Waals surface area contributed by atoms with Gasteiger partial charge in [-0.05, 0) is 49.7 Å². The average molecular weight is 410 g/mol. The van der Waals surface area contributed by atoms with E-state index in [1.807, 2.05) is 24.3 Å². The van der Waals surface area contributed by atoms with E-state index >= 15 is 0 Å². The third kappa shape index (κ3) is 4.07. The number of carbonyl (C=O) groups is 1. The molecule has 6 heteroatoms. The second-order valence-corrected chi connectivity index (χ2v) is 7.19. The number of piperidine rings is 1. The van der Waals surface area contributed by atoms with E-state index in [9.17, 15) is 18.7 Å². The Labute approximate surface area is 153 Å². The Kier molecular flexibility index (Phi) is 5.49. The average Bonchev–Trinajstić information content (AvgIpc) is 2.58. The molecule has 0 aromatic heterocycles. The molecule has 2 aromatic rings. The lowest BCUT2D eigenvalue weighted by molar-refractivity contribution is -0.143. The van der Waals surface area contributed by atoms with Crippen molar-refractivity contribution in [2.75, 3.05) is 13.1 Å². The van der Waals surface area contributed by atoms with Crippen LogP contribution >= 0.6 is 15.9 Å². The van der Waals surface area contributed by atoms with E-state index in [0.717, 1.165) is 16.1 Å². The lowest BCUT2D eigenvalue weighted by Gasteiger charge is -2.37. The van der Waals surface area contributed by atoms with Gasteiger partial charge in [0.2, 0.25) is 0 Å². The predicted molar refractivity (Wildman–Crippen MR) is 94.3 cm³/mol. The summed E-state index contributed by atoms with van der Waals surface area (Å²) in [5, 5.41) is 9.18. The van der Waals surface area contributed by atoms with Gasteiger partial charge >= 0.3 is 5.97 Å². The fraction of sp³-hybridized carbons (Fsp3) is 0.316. The summed E-state index contributed by atoms with van der Waals surface area (Å²) in [5.41, 5.74) is 1.28. The number of halogens is 3. The van der Waals surface area contributed by atoms with E-state index in [-0.39, 0.29) is 12.0 Å². The van der Waals surface area contributed by atoms with Crippen molar-refractivity contribution in [3.05, 3.63) is 69.7 Å². The summed E-state index contributed by atoms with van der Waals surface area (Å²) < 4.78 is 28.7. The van der Waals surface area contributed by atoms with Gasteiger partial charge in [-0.15, -0.1) is 0 Å². The minimum Gasteiger partial charge on any atom is -0.481 e. The minimum absolute atomic E-state index is 0.363. The van der Waals surface area contributed by atoms with Crippen LogP contribution in [0.3, 0.4) is 0 Å². The summed E-state index contributed by atoms with van der Waals surface area (Å²) >= 11 is 3.44. The van der Waals surface area contributed by atoms with Crippen LogP contribution in [-0.2, 0) is 4.79 Å². The smallest absolute Gasteiger partial charge is 0.306 e. The van der Waals surface area contributed by atoms with E-state index in [4.69, 9.17) is 0 Å². The molecule has 1 unspecified atom stereocenters. The van der Waals surface area contributed by atoms with Crippen molar-refractivity contribution in [1.82, 2.24) is 4.90 Å². The lowest BCUT2D eigenvalue weighted by atomic mass is 9.91. The van der Waals surface area contributed by atoms with Crippen molar-refractivity contribution in [2.24, 2.45) is 5.92 Å². The van der Waals surface area contributed by atoms with Crippen molar-refractivity contribution < 1.29 is 18.7 Å². The zero-order chi connectivity index (χ0) is 18.0. The van der Waals surface area contributed by atoms with Crippen LogP contribution in [0, 0.1) is 17.6 Å². The van der Waals surface area contributed by atoms with Gasteiger partial charge in [0, 0.05) is 16.1 Å². The molecule has 1 heterocycles. The van der Waals surface area contributed by atoms with Gasteiger partial charge in [-0.1, -0.05) is 34.1 Å². The highest BCUT2D eigenvalue weighted by molar-refractivity contribution is 9.10. The Morgan fingerprint density at radius 3 is 2.48 bits per heavy atom. The number of rotatable bonds is 4. The molecule has 0 amide bonds.